The summed E-state index contributed by atoms with van der Waals surface area (Å²) in [6.07, 6.45) is -2.52. The molecule has 1 aliphatic heterocycles. The van der Waals surface area contributed by atoms with Gasteiger partial charge in [0.25, 0.3) is 0 Å². The molecule has 134 valence electrons. The molecule has 1 atom stereocenters. The van der Waals surface area contributed by atoms with E-state index in [0.29, 0.717) is 12.2 Å². The fourth-order valence-corrected chi connectivity index (χ4v) is 4.18. The van der Waals surface area contributed by atoms with E-state index in [1.165, 1.54) is 24.4 Å². The molecule has 6 nitrogen and oxygen atoms in total. The molecule has 0 aliphatic carbocycles. The minimum Gasteiger partial charge on any atom is -0.350 e. The van der Waals surface area contributed by atoms with E-state index in [1.807, 2.05) is 0 Å². The highest BCUT2D eigenvalue weighted by atomic mass is 32.2. The summed E-state index contributed by atoms with van der Waals surface area (Å²) in [7, 11) is -3.03. The molecule has 0 saturated carbocycles. The van der Waals surface area contributed by atoms with Crippen molar-refractivity contribution >= 4 is 27.3 Å². The van der Waals surface area contributed by atoms with Gasteiger partial charge in [0.05, 0.1) is 17.1 Å². The molecule has 0 radical (unpaired) electrons. The summed E-state index contributed by atoms with van der Waals surface area (Å²) in [6.45, 7) is 0. The van der Waals surface area contributed by atoms with Crippen molar-refractivity contribution in [1.82, 2.24) is 9.97 Å². The number of nitrogens with zero attached hydrogens (tertiary/aromatic N) is 2. The van der Waals surface area contributed by atoms with Crippen LogP contribution in [0.3, 0.4) is 0 Å². The summed E-state index contributed by atoms with van der Waals surface area (Å²) in [5.74, 6) is 0.658. The Kier molecular flexibility index (Phi) is 4.55. The average Bonchev–Trinajstić information content (AvgIpc) is 2.86. The molecular formula is C15H15F3N4O2S. The fraction of sp³-hybridized carbons (Fsp3) is 0.333. The standard InChI is InChI=1S/C15H15F3N4O2S/c16-15(17,18)10-2-1-3-11(8-10)20-13-4-6-19-14(22-13)21-12-5-7-25(23,24)9-12/h1-4,6,8,12H,5,7,9H2,(H2,19,20,21,22). The van der Waals surface area contributed by atoms with Crippen molar-refractivity contribution in [3.8, 4) is 0 Å². The SMILES string of the molecule is O=S1(=O)CCC(Nc2nccc(Nc3cccc(C(F)(F)F)c3)n2)C1. The average molecular weight is 372 g/mol. The number of benzene rings is 1. The van der Waals surface area contributed by atoms with Crippen LogP contribution in [0.2, 0.25) is 0 Å². The lowest BCUT2D eigenvalue weighted by molar-refractivity contribution is -0.137. The second-order valence-electron chi connectivity index (χ2n) is 5.71. The predicted octanol–water partition coefficient (Wildman–Crippen LogP) is 2.84. The lowest BCUT2D eigenvalue weighted by Gasteiger charge is -2.13. The summed E-state index contributed by atoms with van der Waals surface area (Å²) in [5, 5.41) is 5.73. The Morgan fingerprint density at radius 2 is 2.00 bits per heavy atom. The maximum atomic E-state index is 12.7. The maximum absolute atomic E-state index is 12.7. The topological polar surface area (TPSA) is 84.0 Å². The van der Waals surface area contributed by atoms with E-state index >= 15 is 0 Å². The molecular weight excluding hydrogens is 357 g/mol. The Hall–Kier alpha value is -2.36. The molecule has 2 aromatic rings. The third-order valence-corrected chi connectivity index (χ3v) is 5.45. The second-order valence-corrected chi connectivity index (χ2v) is 7.94. The van der Waals surface area contributed by atoms with Crippen LogP contribution in [0, 0.1) is 0 Å². The molecule has 1 unspecified atom stereocenters. The first-order chi connectivity index (χ1) is 11.7. The molecule has 1 aromatic heterocycles. The number of alkyl halides is 3. The van der Waals surface area contributed by atoms with Crippen molar-refractivity contribution in [2.24, 2.45) is 0 Å². The summed E-state index contributed by atoms with van der Waals surface area (Å²) >= 11 is 0. The van der Waals surface area contributed by atoms with E-state index in [4.69, 9.17) is 0 Å². The van der Waals surface area contributed by atoms with Crippen molar-refractivity contribution in [1.29, 1.82) is 0 Å². The van der Waals surface area contributed by atoms with E-state index in [9.17, 15) is 21.6 Å². The lowest BCUT2D eigenvalue weighted by Crippen LogP contribution is -2.22. The van der Waals surface area contributed by atoms with Crippen LogP contribution in [0.4, 0.5) is 30.6 Å². The van der Waals surface area contributed by atoms with Gasteiger partial charge in [0, 0.05) is 17.9 Å². The Bertz CT molecular complexity index is 871. The molecule has 1 saturated heterocycles. The summed E-state index contributed by atoms with van der Waals surface area (Å²) in [4.78, 5) is 8.17. The number of halogens is 3. The molecule has 2 heterocycles. The van der Waals surface area contributed by atoms with Gasteiger partial charge in [-0.2, -0.15) is 18.2 Å². The number of nitrogens with one attached hydrogen (secondary N) is 2. The molecule has 1 aliphatic rings. The highest BCUT2D eigenvalue weighted by Crippen LogP contribution is 2.31. The summed E-state index contributed by atoms with van der Waals surface area (Å²) < 4.78 is 61.2. The van der Waals surface area contributed by atoms with Crippen LogP contribution in [0.15, 0.2) is 36.5 Å². The van der Waals surface area contributed by atoms with Crippen LogP contribution < -0.4 is 10.6 Å². The van der Waals surface area contributed by atoms with Gasteiger partial charge in [-0.05, 0) is 30.7 Å². The third-order valence-electron chi connectivity index (χ3n) is 3.68. The van der Waals surface area contributed by atoms with E-state index in [1.54, 1.807) is 0 Å². The van der Waals surface area contributed by atoms with Crippen molar-refractivity contribution in [2.75, 3.05) is 22.1 Å². The first-order valence-corrected chi connectivity index (χ1v) is 9.28. The third kappa shape index (κ3) is 4.59. The molecule has 1 aromatic carbocycles. The summed E-state index contributed by atoms with van der Waals surface area (Å²) in [6, 6.07) is 6.01. The van der Waals surface area contributed by atoms with Crippen LogP contribution in [-0.4, -0.2) is 35.9 Å². The minimum absolute atomic E-state index is 0.0155. The zero-order valence-corrected chi connectivity index (χ0v) is 13.7. The highest BCUT2D eigenvalue weighted by Gasteiger charge is 2.30. The van der Waals surface area contributed by atoms with Gasteiger partial charge in [0.1, 0.15) is 5.82 Å². The lowest BCUT2D eigenvalue weighted by atomic mass is 10.2. The Balaban J connectivity index is 1.72. The molecule has 3 rings (SSSR count). The van der Waals surface area contributed by atoms with Gasteiger partial charge < -0.3 is 10.6 Å². The normalized spacial score (nSPS) is 19.6. The number of hydrogen-bond donors (Lipinski definition) is 2. The fourth-order valence-electron chi connectivity index (χ4n) is 2.51. The zero-order valence-electron chi connectivity index (χ0n) is 12.9. The molecule has 0 amide bonds. The van der Waals surface area contributed by atoms with Crippen LogP contribution in [0.25, 0.3) is 0 Å². The van der Waals surface area contributed by atoms with Gasteiger partial charge in [-0.15, -0.1) is 0 Å². The van der Waals surface area contributed by atoms with Crippen LogP contribution >= 0.6 is 0 Å². The van der Waals surface area contributed by atoms with E-state index < -0.39 is 21.6 Å². The molecule has 10 heteroatoms. The Morgan fingerprint density at radius 3 is 2.68 bits per heavy atom. The Morgan fingerprint density at radius 1 is 1.20 bits per heavy atom. The van der Waals surface area contributed by atoms with E-state index in [0.717, 1.165) is 12.1 Å². The number of aromatic nitrogens is 2. The number of sulfone groups is 1. The molecule has 0 spiro atoms. The van der Waals surface area contributed by atoms with Gasteiger partial charge in [-0.25, -0.2) is 13.4 Å². The van der Waals surface area contributed by atoms with Gasteiger partial charge in [0.15, 0.2) is 9.84 Å². The number of rotatable bonds is 4. The molecule has 0 bridgehead atoms. The van der Waals surface area contributed by atoms with Crippen molar-refractivity contribution in [3.63, 3.8) is 0 Å². The van der Waals surface area contributed by atoms with Gasteiger partial charge >= 0.3 is 6.18 Å². The van der Waals surface area contributed by atoms with Crippen molar-refractivity contribution in [3.05, 3.63) is 42.1 Å². The number of anilines is 3. The zero-order chi connectivity index (χ0) is 18.1. The second kappa shape index (κ2) is 6.51. The Labute approximate surface area is 142 Å². The maximum Gasteiger partial charge on any atom is 0.416 e. The van der Waals surface area contributed by atoms with E-state index in [2.05, 4.69) is 20.6 Å². The monoisotopic (exact) mass is 372 g/mol. The predicted molar refractivity (Wildman–Crippen MR) is 87.4 cm³/mol. The van der Waals surface area contributed by atoms with Crippen molar-refractivity contribution in [2.45, 2.75) is 18.6 Å². The highest BCUT2D eigenvalue weighted by molar-refractivity contribution is 7.91. The summed E-state index contributed by atoms with van der Waals surface area (Å²) in [5.41, 5.74) is -0.524. The number of hydrogen-bond acceptors (Lipinski definition) is 6. The van der Waals surface area contributed by atoms with Gasteiger partial charge in [-0.3, -0.25) is 0 Å². The minimum atomic E-state index is -4.43. The van der Waals surface area contributed by atoms with Gasteiger partial charge in [-0.1, -0.05) is 6.07 Å². The first-order valence-electron chi connectivity index (χ1n) is 7.46. The smallest absolute Gasteiger partial charge is 0.350 e. The van der Waals surface area contributed by atoms with E-state index in [-0.39, 0.29) is 29.2 Å². The van der Waals surface area contributed by atoms with Gasteiger partial charge in [0.2, 0.25) is 5.95 Å². The molecule has 25 heavy (non-hydrogen) atoms. The first kappa shape index (κ1) is 17.5. The van der Waals surface area contributed by atoms with Crippen LogP contribution in [0.5, 0.6) is 0 Å². The van der Waals surface area contributed by atoms with Crippen LogP contribution in [0.1, 0.15) is 12.0 Å². The molecule has 1 fully saturated rings. The van der Waals surface area contributed by atoms with Crippen LogP contribution in [-0.2, 0) is 16.0 Å². The quantitative estimate of drug-likeness (QED) is 0.859. The molecule has 2 N–H and O–H groups in total. The largest absolute Gasteiger partial charge is 0.416 e. The van der Waals surface area contributed by atoms with Crippen molar-refractivity contribution < 1.29 is 21.6 Å².